The van der Waals surface area contributed by atoms with E-state index in [2.05, 4.69) is 41.5 Å². The molecule has 0 bridgehead atoms. The molecule has 0 radical (unpaired) electrons. The van der Waals surface area contributed by atoms with Crippen LogP contribution in [0, 0.1) is 13.8 Å². The van der Waals surface area contributed by atoms with Crippen LogP contribution in [0.25, 0.3) is 0 Å². The predicted molar refractivity (Wildman–Crippen MR) is 160 cm³/mol. The number of hydrogen-bond acceptors (Lipinski definition) is 10. The van der Waals surface area contributed by atoms with E-state index < -0.39 is 6.04 Å². The maximum atomic E-state index is 12.8. The minimum absolute atomic E-state index is 0.246. The summed E-state index contributed by atoms with van der Waals surface area (Å²) in [5.41, 5.74) is 3.19. The van der Waals surface area contributed by atoms with Crippen molar-refractivity contribution in [3.05, 3.63) is 81.6 Å². The Kier molecular flexibility index (Phi) is 8.41. The molecule has 5 rings (SSSR count). The molecule has 13 heteroatoms. The van der Waals surface area contributed by atoms with E-state index >= 15 is 0 Å². The van der Waals surface area contributed by atoms with E-state index in [0.717, 1.165) is 16.8 Å². The lowest BCUT2D eigenvalue weighted by atomic mass is 10.1. The lowest BCUT2D eigenvalue weighted by molar-refractivity contribution is -0.133. The molecule has 1 aliphatic rings. The Bertz CT molecular complexity index is 1610. The number of aryl methyl sites for hydroxylation is 2. The van der Waals surface area contributed by atoms with Crippen LogP contribution in [0.1, 0.15) is 39.5 Å². The van der Waals surface area contributed by atoms with Crippen LogP contribution in [0.2, 0.25) is 5.02 Å². The zero-order valence-electron chi connectivity index (χ0n) is 22.2. The van der Waals surface area contributed by atoms with Crippen molar-refractivity contribution in [2.24, 2.45) is 0 Å². The van der Waals surface area contributed by atoms with Gasteiger partial charge < -0.3 is 21.3 Å². The third-order valence-electron chi connectivity index (χ3n) is 6.24. The number of anilines is 5. The number of para-hydroxylation sites is 1. The first-order valence-electron chi connectivity index (χ1n) is 12.8. The van der Waals surface area contributed by atoms with Gasteiger partial charge in [0.2, 0.25) is 11.8 Å². The number of imide groups is 1. The van der Waals surface area contributed by atoms with E-state index in [1.807, 2.05) is 43.3 Å². The molecular formula is C28H27ClN8O3S. The van der Waals surface area contributed by atoms with E-state index in [1.165, 1.54) is 17.5 Å². The number of nitrogens with zero attached hydrogens (tertiary/aromatic N) is 3. The molecule has 0 saturated carbocycles. The van der Waals surface area contributed by atoms with Gasteiger partial charge in [0.05, 0.1) is 16.9 Å². The SMILES string of the molecule is Cc1nc(NCc2cccc(NC3CCC(=O)NC3=O)c2)cc(Nc2ncc(C(=O)Nc3c(C)cccc3Cl)s2)n1. The topological polar surface area (TPSA) is 150 Å². The van der Waals surface area contributed by atoms with Gasteiger partial charge in [0.1, 0.15) is 28.4 Å². The summed E-state index contributed by atoms with van der Waals surface area (Å²) in [6.45, 7) is 4.14. The number of benzene rings is 2. The van der Waals surface area contributed by atoms with Crippen molar-refractivity contribution in [2.45, 2.75) is 39.3 Å². The molecule has 3 heterocycles. The van der Waals surface area contributed by atoms with Gasteiger partial charge in [0.15, 0.2) is 5.13 Å². The Labute approximate surface area is 245 Å². The van der Waals surface area contributed by atoms with Crippen LogP contribution < -0.4 is 26.6 Å². The number of carbonyl (C=O) groups excluding carboxylic acids is 3. The Hall–Kier alpha value is -4.55. The Morgan fingerprint density at radius 2 is 1.90 bits per heavy atom. The minimum Gasteiger partial charge on any atom is -0.374 e. The van der Waals surface area contributed by atoms with Gasteiger partial charge in [-0.2, -0.15) is 0 Å². The summed E-state index contributed by atoms with van der Waals surface area (Å²) in [5.74, 6) is 0.815. The quantitative estimate of drug-likeness (QED) is 0.169. The van der Waals surface area contributed by atoms with Gasteiger partial charge in [0, 0.05) is 24.7 Å². The number of piperidine rings is 1. The second-order valence-electron chi connectivity index (χ2n) is 9.43. The third-order valence-corrected chi connectivity index (χ3v) is 7.47. The minimum atomic E-state index is -0.452. The molecule has 11 nitrogen and oxygen atoms in total. The largest absolute Gasteiger partial charge is 0.374 e. The molecular weight excluding hydrogens is 564 g/mol. The van der Waals surface area contributed by atoms with E-state index in [0.29, 0.717) is 57.6 Å². The zero-order valence-corrected chi connectivity index (χ0v) is 23.8. The van der Waals surface area contributed by atoms with Gasteiger partial charge >= 0.3 is 0 Å². The number of hydrogen-bond donors (Lipinski definition) is 5. The van der Waals surface area contributed by atoms with Gasteiger partial charge in [-0.25, -0.2) is 15.0 Å². The van der Waals surface area contributed by atoms with Crippen LogP contribution in [-0.2, 0) is 16.1 Å². The lowest BCUT2D eigenvalue weighted by Crippen LogP contribution is -2.47. The first-order valence-corrected chi connectivity index (χ1v) is 14.0. The second-order valence-corrected chi connectivity index (χ2v) is 10.9. The second kappa shape index (κ2) is 12.3. The highest BCUT2D eigenvalue weighted by molar-refractivity contribution is 7.17. The highest BCUT2D eigenvalue weighted by Crippen LogP contribution is 2.28. The Morgan fingerprint density at radius 3 is 2.71 bits per heavy atom. The standard InChI is InChI=1S/C28H27ClN8O3S/c1-15-5-3-8-19(29)25(15)37-27(40)21-14-31-28(41-21)35-23-12-22(32-16(2)33-23)30-13-17-6-4-7-18(11-17)34-20-9-10-24(38)36-26(20)39/h3-8,11-12,14,20,34H,9-10,13H2,1-2H3,(H,37,40)(H,36,38,39)(H2,30,31,32,33,35). The molecule has 1 aliphatic heterocycles. The highest BCUT2D eigenvalue weighted by atomic mass is 35.5. The van der Waals surface area contributed by atoms with Gasteiger partial charge in [-0.1, -0.05) is 47.2 Å². The monoisotopic (exact) mass is 590 g/mol. The van der Waals surface area contributed by atoms with Crippen molar-refractivity contribution in [3.8, 4) is 0 Å². The Balaban J connectivity index is 1.20. The van der Waals surface area contributed by atoms with Crippen LogP contribution in [0.15, 0.2) is 54.7 Å². The zero-order chi connectivity index (χ0) is 28.9. The molecule has 210 valence electrons. The fraction of sp³-hybridized carbons (Fsp3) is 0.214. The van der Waals surface area contributed by atoms with E-state index in [1.54, 1.807) is 19.1 Å². The summed E-state index contributed by atoms with van der Waals surface area (Å²) < 4.78 is 0. The van der Waals surface area contributed by atoms with Crippen LogP contribution in [0.3, 0.4) is 0 Å². The number of nitrogens with one attached hydrogen (secondary N) is 5. The average molecular weight is 591 g/mol. The molecule has 1 saturated heterocycles. The van der Waals surface area contributed by atoms with Gasteiger partial charge in [-0.15, -0.1) is 0 Å². The van der Waals surface area contributed by atoms with Gasteiger partial charge in [-0.3, -0.25) is 19.7 Å². The van der Waals surface area contributed by atoms with Crippen molar-refractivity contribution in [1.82, 2.24) is 20.3 Å². The lowest BCUT2D eigenvalue weighted by Gasteiger charge is -2.23. The molecule has 41 heavy (non-hydrogen) atoms. The normalized spacial score (nSPS) is 14.8. The molecule has 2 aromatic carbocycles. The number of thiazole rings is 1. The molecule has 1 atom stereocenters. The molecule has 5 N–H and O–H groups in total. The van der Waals surface area contributed by atoms with E-state index in [9.17, 15) is 14.4 Å². The number of carbonyl (C=O) groups is 3. The van der Waals surface area contributed by atoms with Crippen molar-refractivity contribution in [2.75, 3.05) is 21.3 Å². The average Bonchev–Trinajstić information content (AvgIpc) is 3.40. The first-order chi connectivity index (χ1) is 19.7. The molecule has 2 aromatic heterocycles. The highest BCUT2D eigenvalue weighted by Gasteiger charge is 2.26. The number of halogens is 1. The number of rotatable bonds is 9. The third kappa shape index (κ3) is 7.16. The fourth-order valence-corrected chi connectivity index (χ4v) is 5.22. The van der Waals surface area contributed by atoms with Crippen LogP contribution in [0.5, 0.6) is 0 Å². The van der Waals surface area contributed by atoms with Crippen molar-refractivity contribution < 1.29 is 14.4 Å². The van der Waals surface area contributed by atoms with E-state index in [-0.39, 0.29) is 17.7 Å². The number of aromatic nitrogens is 3. The summed E-state index contributed by atoms with van der Waals surface area (Å²) >= 11 is 7.43. The van der Waals surface area contributed by atoms with Crippen LogP contribution in [-0.4, -0.2) is 38.7 Å². The molecule has 1 unspecified atom stereocenters. The van der Waals surface area contributed by atoms with E-state index in [4.69, 9.17) is 11.6 Å². The number of amides is 3. The Morgan fingerprint density at radius 1 is 1.10 bits per heavy atom. The van der Waals surface area contributed by atoms with Gasteiger partial charge in [-0.05, 0) is 49.6 Å². The van der Waals surface area contributed by atoms with Crippen molar-refractivity contribution in [3.63, 3.8) is 0 Å². The summed E-state index contributed by atoms with van der Waals surface area (Å²) in [6, 6.07) is 14.4. The molecule has 3 amide bonds. The van der Waals surface area contributed by atoms with Crippen LogP contribution in [0.4, 0.5) is 28.1 Å². The first kappa shape index (κ1) is 28.0. The predicted octanol–water partition coefficient (Wildman–Crippen LogP) is 5.03. The van der Waals surface area contributed by atoms with Crippen LogP contribution >= 0.6 is 22.9 Å². The maximum Gasteiger partial charge on any atom is 0.267 e. The summed E-state index contributed by atoms with van der Waals surface area (Å²) in [4.78, 5) is 49.9. The molecule has 0 aliphatic carbocycles. The van der Waals surface area contributed by atoms with Crippen molar-refractivity contribution >= 4 is 68.8 Å². The van der Waals surface area contributed by atoms with Crippen molar-refractivity contribution in [1.29, 1.82) is 0 Å². The summed E-state index contributed by atoms with van der Waals surface area (Å²) in [6.07, 6.45) is 2.26. The van der Waals surface area contributed by atoms with Gasteiger partial charge in [0.25, 0.3) is 5.91 Å². The molecule has 0 spiro atoms. The smallest absolute Gasteiger partial charge is 0.267 e. The maximum absolute atomic E-state index is 12.8. The summed E-state index contributed by atoms with van der Waals surface area (Å²) in [7, 11) is 0. The molecule has 1 fully saturated rings. The summed E-state index contributed by atoms with van der Waals surface area (Å²) in [5, 5.41) is 15.8. The molecule has 4 aromatic rings. The fourth-order valence-electron chi connectivity index (χ4n) is 4.23.